The highest BCUT2D eigenvalue weighted by Crippen LogP contribution is 2.40. The van der Waals surface area contributed by atoms with Crippen LogP contribution in [0.1, 0.15) is 45.1 Å². The molecule has 0 radical (unpaired) electrons. The molecule has 2 nitrogen and oxygen atoms in total. The number of benzene rings is 1. The fourth-order valence-electron chi connectivity index (χ4n) is 4.35. The van der Waals surface area contributed by atoms with Gasteiger partial charge in [0, 0.05) is 6.54 Å². The van der Waals surface area contributed by atoms with Crippen LogP contribution in [0.4, 0.5) is 0 Å². The third-order valence-corrected chi connectivity index (χ3v) is 5.21. The predicted molar refractivity (Wildman–Crippen MR) is 99.8 cm³/mol. The molecular weight excluding hydrogens is 282 g/mol. The highest BCUT2D eigenvalue weighted by Gasteiger charge is 2.30. The van der Waals surface area contributed by atoms with Gasteiger partial charge in [0.1, 0.15) is 5.75 Å². The van der Waals surface area contributed by atoms with E-state index in [0.717, 1.165) is 18.2 Å². The van der Waals surface area contributed by atoms with Gasteiger partial charge in [-0.3, -0.25) is 0 Å². The minimum absolute atomic E-state index is 0.696. The van der Waals surface area contributed by atoms with Crippen LogP contribution in [0, 0.1) is 17.8 Å². The molecule has 0 saturated heterocycles. The first-order valence-electron chi connectivity index (χ1n) is 8.98. The van der Waals surface area contributed by atoms with Crippen molar-refractivity contribution in [3.8, 4) is 5.75 Å². The molecule has 0 bridgehead atoms. The van der Waals surface area contributed by atoms with E-state index in [1.54, 1.807) is 7.11 Å². The largest absolute Gasteiger partial charge is 0.497 e. The second-order valence-corrected chi connectivity index (χ2v) is 7.47. The molecule has 0 heterocycles. The first-order chi connectivity index (χ1) is 11.0. The number of hydrogen-bond donors (Lipinski definition) is 0. The van der Waals surface area contributed by atoms with Gasteiger partial charge in [-0.25, -0.2) is 0 Å². The minimum atomic E-state index is 0.696. The summed E-state index contributed by atoms with van der Waals surface area (Å²) in [4.78, 5) is 2.33. The lowest BCUT2D eigenvalue weighted by atomic mass is 9.76. The van der Waals surface area contributed by atoms with Crippen LogP contribution in [0.5, 0.6) is 5.75 Å². The molecule has 1 fully saturated rings. The monoisotopic (exact) mass is 315 g/mol. The SMILES string of the molecule is COc1ccc(C=C(C)C(C(C)CN(C)C)C2CCCC2)cc1. The molecule has 2 atom stereocenters. The van der Waals surface area contributed by atoms with E-state index in [-0.39, 0.29) is 0 Å². The zero-order valence-electron chi connectivity index (χ0n) is 15.5. The topological polar surface area (TPSA) is 12.5 Å². The van der Waals surface area contributed by atoms with E-state index in [9.17, 15) is 0 Å². The lowest BCUT2D eigenvalue weighted by molar-refractivity contribution is 0.228. The molecule has 0 amide bonds. The van der Waals surface area contributed by atoms with Crippen LogP contribution in [0.2, 0.25) is 0 Å². The summed E-state index contributed by atoms with van der Waals surface area (Å²) in [7, 11) is 6.09. The number of rotatable bonds is 7. The summed E-state index contributed by atoms with van der Waals surface area (Å²) >= 11 is 0. The average Bonchev–Trinajstić information content (AvgIpc) is 3.01. The average molecular weight is 316 g/mol. The third-order valence-electron chi connectivity index (χ3n) is 5.21. The van der Waals surface area contributed by atoms with E-state index >= 15 is 0 Å². The fourth-order valence-corrected chi connectivity index (χ4v) is 4.35. The Bertz CT molecular complexity index is 497. The van der Waals surface area contributed by atoms with Crippen LogP contribution in [-0.2, 0) is 0 Å². The van der Waals surface area contributed by atoms with Crippen molar-refractivity contribution in [2.45, 2.75) is 39.5 Å². The maximum atomic E-state index is 5.26. The molecule has 0 aromatic heterocycles. The third kappa shape index (κ3) is 5.10. The maximum Gasteiger partial charge on any atom is 0.118 e. The molecular formula is C21H33NO. The second kappa shape index (κ2) is 8.54. The highest BCUT2D eigenvalue weighted by atomic mass is 16.5. The van der Waals surface area contributed by atoms with Crippen molar-refractivity contribution in [2.24, 2.45) is 17.8 Å². The van der Waals surface area contributed by atoms with E-state index in [1.807, 2.05) is 12.1 Å². The van der Waals surface area contributed by atoms with Gasteiger partial charge >= 0.3 is 0 Å². The number of hydrogen-bond acceptors (Lipinski definition) is 2. The van der Waals surface area contributed by atoms with Crippen LogP contribution < -0.4 is 4.74 Å². The second-order valence-electron chi connectivity index (χ2n) is 7.47. The zero-order chi connectivity index (χ0) is 16.8. The lowest BCUT2D eigenvalue weighted by Crippen LogP contribution is -2.30. The van der Waals surface area contributed by atoms with Gasteiger partial charge in [-0.05, 0) is 69.3 Å². The smallest absolute Gasteiger partial charge is 0.118 e. The van der Waals surface area contributed by atoms with Crippen LogP contribution in [0.3, 0.4) is 0 Å². The zero-order valence-corrected chi connectivity index (χ0v) is 15.5. The Morgan fingerprint density at radius 2 is 1.83 bits per heavy atom. The first-order valence-corrected chi connectivity index (χ1v) is 8.98. The summed E-state index contributed by atoms with van der Waals surface area (Å²) < 4.78 is 5.26. The molecule has 2 heteroatoms. The van der Waals surface area contributed by atoms with Crippen molar-refractivity contribution in [1.29, 1.82) is 0 Å². The van der Waals surface area contributed by atoms with Gasteiger partial charge in [-0.2, -0.15) is 0 Å². The molecule has 0 spiro atoms. The van der Waals surface area contributed by atoms with Crippen molar-refractivity contribution in [3.05, 3.63) is 35.4 Å². The Morgan fingerprint density at radius 1 is 1.22 bits per heavy atom. The van der Waals surface area contributed by atoms with Gasteiger partial charge in [0.25, 0.3) is 0 Å². The number of allylic oxidation sites excluding steroid dienone is 1. The summed E-state index contributed by atoms with van der Waals surface area (Å²) in [5.41, 5.74) is 2.82. The van der Waals surface area contributed by atoms with Gasteiger partial charge in [-0.1, -0.05) is 43.5 Å². The van der Waals surface area contributed by atoms with E-state index in [0.29, 0.717) is 11.8 Å². The Labute approximate surface area is 142 Å². The van der Waals surface area contributed by atoms with Crippen LogP contribution in [0.25, 0.3) is 6.08 Å². The van der Waals surface area contributed by atoms with Gasteiger partial charge < -0.3 is 9.64 Å². The molecule has 1 aliphatic rings. The van der Waals surface area contributed by atoms with Crippen molar-refractivity contribution in [3.63, 3.8) is 0 Å². The molecule has 1 saturated carbocycles. The standard InChI is InChI=1S/C21H33NO/c1-16(14-18-10-12-20(23-5)13-11-18)21(17(2)15-22(3)4)19-8-6-7-9-19/h10-14,17,19,21H,6-9,15H2,1-5H3. The van der Waals surface area contributed by atoms with Gasteiger partial charge in [-0.15, -0.1) is 0 Å². The summed E-state index contributed by atoms with van der Waals surface area (Å²) in [6, 6.07) is 8.41. The lowest BCUT2D eigenvalue weighted by Gasteiger charge is -2.32. The predicted octanol–water partition coefficient (Wildman–Crippen LogP) is 5.10. The summed E-state index contributed by atoms with van der Waals surface area (Å²) in [5.74, 6) is 3.18. The minimum Gasteiger partial charge on any atom is -0.497 e. The summed E-state index contributed by atoms with van der Waals surface area (Å²) in [5, 5.41) is 0. The molecule has 2 unspecified atom stereocenters. The molecule has 1 aromatic rings. The van der Waals surface area contributed by atoms with E-state index < -0.39 is 0 Å². The summed E-state index contributed by atoms with van der Waals surface area (Å²) in [6.45, 7) is 5.92. The molecule has 1 aliphatic carbocycles. The fraction of sp³-hybridized carbons (Fsp3) is 0.619. The summed E-state index contributed by atoms with van der Waals surface area (Å²) in [6.07, 6.45) is 8.00. The van der Waals surface area contributed by atoms with Crippen LogP contribution in [0.15, 0.2) is 29.8 Å². The molecule has 2 rings (SSSR count). The normalized spacial score (nSPS) is 19.1. The van der Waals surface area contributed by atoms with E-state index in [1.165, 1.54) is 36.8 Å². The molecule has 128 valence electrons. The Balaban J connectivity index is 2.19. The van der Waals surface area contributed by atoms with Gasteiger partial charge in [0.2, 0.25) is 0 Å². The number of nitrogens with zero attached hydrogens (tertiary/aromatic N) is 1. The maximum absolute atomic E-state index is 5.26. The quantitative estimate of drug-likeness (QED) is 0.694. The van der Waals surface area contributed by atoms with Crippen LogP contribution in [-0.4, -0.2) is 32.6 Å². The molecule has 0 N–H and O–H groups in total. The van der Waals surface area contributed by atoms with Gasteiger partial charge in [0.05, 0.1) is 7.11 Å². The molecule has 23 heavy (non-hydrogen) atoms. The van der Waals surface area contributed by atoms with Gasteiger partial charge in [0.15, 0.2) is 0 Å². The van der Waals surface area contributed by atoms with Crippen molar-refractivity contribution in [2.75, 3.05) is 27.7 Å². The Kier molecular flexibility index (Phi) is 6.71. The molecule has 1 aromatic carbocycles. The van der Waals surface area contributed by atoms with E-state index in [2.05, 4.69) is 51.1 Å². The Hall–Kier alpha value is -1.28. The number of methoxy groups -OCH3 is 1. The highest BCUT2D eigenvalue weighted by molar-refractivity contribution is 5.54. The van der Waals surface area contributed by atoms with Crippen molar-refractivity contribution in [1.82, 2.24) is 4.90 Å². The Morgan fingerprint density at radius 3 is 2.35 bits per heavy atom. The first kappa shape index (κ1) is 18.1. The van der Waals surface area contributed by atoms with E-state index in [4.69, 9.17) is 4.74 Å². The number of ether oxygens (including phenoxy) is 1. The molecule has 0 aliphatic heterocycles. The van der Waals surface area contributed by atoms with Crippen molar-refractivity contribution >= 4 is 6.08 Å². The van der Waals surface area contributed by atoms with Crippen molar-refractivity contribution < 1.29 is 4.74 Å². The van der Waals surface area contributed by atoms with Crippen LogP contribution >= 0.6 is 0 Å².